The lowest BCUT2D eigenvalue weighted by Crippen LogP contribution is -2.51. The van der Waals surface area contributed by atoms with Gasteiger partial charge in [-0.3, -0.25) is 4.79 Å². The van der Waals surface area contributed by atoms with Crippen LogP contribution in [0, 0.1) is 17.6 Å². The van der Waals surface area contributed by atoms with E-state index in [-0.39, 0.29) is 17.5 Å². The van der Waals surface area contributed by atoms with E-state index in [0.717, 1.165) is 49.8 Å². The Morgan fingerprint density at radius 2 is 1.95 bits per heavy atom. The van der Waals surface area contributed by atoms with E-state index in [1.54, 1.807) is 0 Å². The third kappa shape index (κ3) is 6.54. The number of imidazole rings is 1. The highest BCUT2D eigenvalue weighted by Crippen LogP contribution is 2.39. The van der Waals surface area contributed by atoms with Crippen molar-refractivity contribution < 1.29 is 13.6 Å². The molecule has 214 valence electrons. The molecule has 3 atom stereocenters. The Hall–Kier alpha value is -2.32. The van der Waals surface area contributed by atoms with Crippen LogP contribution in [-0.2, 0) is 23.2 Å². The lowest BCUT2D eigenvalue weighted by atomic mass is 9.75. The minimum Gasteiger partial charge on any atom is -0.328 e. The van der Waals surface area contributed by atoms with Crippen molar-refractivity contribution in [2.24, 2.45) is 5.92 Å². The maximum atomic E-state index is 14.4. The van der Waals surface area contributed by atoms with Crippen LogP contribution in [0.5, 0.6) is 0 Å². The molecule has 39 heavy (non-hydrogen) atoms. The van der Waals surface area contributed by atoms with E-state index in [4.69, 9.17) is 0 Å². The van der Waals surface area contributed by atoms with Crippen LogP contribution in [0.1, 0.15) is 95.6 Å². The van der Waals surface area contributed by atoms with Gasteiger partial charge >= 0.3 is 0 Å². The predicted molar refractivity (Wildman–Crippen MR) is 151 cm³/mol. The molecule has 3 N–H and O–H groups in total. The summed E-state index contributed by atoms with van der Waals surface area (Å²) < 4.78 is 30.2. The Labute approximate surface area is 231 Å². The van der Waals surface area contributed by atoms with Crippen molar-refractivity contribution in [3.8, 4) is 0 Å². The lowest BCUT2D eigenvalue weighted by molar-refractivity contribution is -0.118. The summed E-state index contributed by atoms with van der Waals surface area (Å²) in [7, 11) is 0. The Morgan fingerprint density at radius 3 is 2.67 bits per heavy atom. The van der Waals surface area contributed by atoms with Crippen LogP contribution >= 0.6 is 0 Å². The largest absolute Gasteiger partial charge is 0.328 e. The van der Waals surface area contributed by atoms with Crippen molar-refractivity contribution in [1.82, 2.24) is 20.2 Å². The minimum absolute atomic E-state index is 0.0268. The number of carbonyl (C=O) groups excluding carboxylic acids is 1. The molecule has 0 bridgehead atoms. The molecule has 1 heterocycles. The second-order valence-corrected chi connectivity index (χ2v) is 12.3. The second kappa shape index (κ2) is 12.5. The van der Waals surface area contributed by atoms with Gasteiger partial charge in [-0.2, -0.15) is 0 Å². The van der Waals surface area contributed by atoms with Gasteiger partial charge < -0.3 is 20.5 Å². The summed E-state index contributed by atoms with van der Waals surface area (Å²) >= 11 is 0. The molecule has 6 nitrogen and oxygen atoms in total. The maximum absolute atomic E-state index is 14.4. The molecule has 0 spiro atoms. The smallest absolute Gasteiger partial charge is 0.242 e. The second-order valence-electron chi connectivity index (χ2n) is 12.3. The summed E-state index contributed by atoms with van der Waals surface area (Å²) in [6.07, 6.45) is 17.3. The van der Waals surface area contributed by atoms with Crippen LogP contribution in [-0.4, -0.2) is 40.1 Å². The monoisotopic (exact) mass is 541 g/mol. The molecule has 0 radical (unpaired) electrons. The SMILES string of the molecule is CCC[C@H](NC1CCc2cc(F)cc(F)c2C1)C(=O)Nc1cn(C2(CN[C@H](C)C3CCCCC3)CCC2)cn1. The minimum atomic E-state index is -0.529. The molecule has 1 unspecified atom stereocenters. The van der Waals surface area contributed by atoms with Gasteiger partial charge in [0.2, 0.25) is 5.91 Å². The number of halogens is 2. The number of nitrogens with one attached hydrogen (secondary N) is 3. The summed E-state index contributed by atoms with van der Waals surface area (Å²) in [6.45, 7) is 5.31. The molecule has 3 aliphatic carbocycles. The van der Waals surface area contributed by atoms with Crippen LogP contribution in [0.2, 0.25) is 0 Å². The van der Waals surface area contributed by atoms with Gasteiger partial charge in [-0.15, -0.1) is 0 Å². The topological polar surface area (TPSA) is 71.0 Å². The van der Waals surface area contributed by atoms with Gasteiger partial charge in [0, 0.05) is 30.9 Å². The first-order valence-electron chi connectivity index (χ1n) is 15.2. The summed E-state index contributed by atoms with van der Waals surface area (Å²) in [5, 5.41) is 10.3. The molecule has 2 aromatic rings. The van der Waals surface area contributed by atoms with E-state index in [1.165, 1.54) is 44.6 Å². The standard InChI is InChI=1S/C31H45F2N5O/c1-3-8-28(36-25-12-11-23-15-24(32)16-27(33)26(23)17-25)30(39)37-29-18-38(20-35-29)31(13-7-14-31)19-34-21(2)22-9-5-4-6-10-22/h15-16,18,20-22,25,28,34,36H,3-14,17,19H2,1-2H3,(H,37,39)/t21-,25?,28+/m1/s1. The summed E-state index contributed by atoms with van der Waals surface area (Å²) in [5.74, 6) is 0.209. The molecule has 5 rings (SSSR count). The van der Waals surface area contributed by atoms with Crippen molar-refractivity contribution in [1.29, 1.82) is 0 Å². The number of aryl methyl sites for hydroxylation is 1. The number of benzene rings is 1. The highest BCUT2D eigenvalue weighted by Gasteiger charge is 2.39. The number of hydrogen-bond acceptors (Lipinski definition) is 4. The maximum Gasteiger partial charge on any atom is 0.242 e. The van der Waals surface area contributed by atoms with Crippen LogP contribution in [0.4, 0.5) is 14.6 Å². The summed E-state index contributed by atoms with van der Waals surface area (Å²) in [6, 6.07) is 2.47. The van der Waals surface area contributed by atoms with Gasteiger partial charge in [0.15, 0.2) is 5.82 Å². The first-order valence-corrected chi connectivity index (χ1v) is 15.2. The van der Waals surface area contributed by atoms with Crippen LogP contribution in [0.3, 0.4) is 0 Å². The van der Waals surface area contributed by atoms with E-state index in [1.807, 2.05) is 12.5 Å². The fraction of sp³-hybridized carbons (Fsp3) is 0.677. The number of rotatable bonds is 11. The van der Waals surface area contributed by atoms with Crippen LogP contribution < -0.4 is 16.0 Å². The van der Waals surface area contributed by atoms with Crippen LogP contribution in [0.25, 0.3) is 0 Å². The van der Waals surface area contributed by atoms with Gasteiger partial charge in [-0.25, -0.2) is 13.8 Å². The zero-order valence-corrected chi connectivity index (χ0v) is 23.6. The Kier molecular flexibility index (Phi) is 9.02. The first kappa shape index (κ1) is 28.2. The number of aromatic nitrogens is 2. The fourth-order valence-corrected chi connectivity index (χ4v) is 6.92. The number of fused-ring (bicyclic) bond motifs is 1. The molecule has 2 saturated carbocycles. The molecular formula is C31H45F2N5O. The third-order valence-electron chi connectivity index (χ3n) is 9.57. The van der Waals surface area contributed by atoms with Crippen LogP contribution in [0.15, 0.2) is 24.7 Å². The first-order chi connectivity index (χ1) is 18.9. The number of hydrogen-bond donors (Lipinski definition) is 3. The van der Waals surface area contributed by atoms with Crippen molar-refractivity contribution in [2.75, 3.05) is 11.9 Å². The number of amides is 1. The Bertz CT molecular complexity index is 1120. The zero-order chi connectivity index (χ0) is 27.4. The van der Waals surface area contributed by atoms with E-state index >= 15 is 0 Å². The Balaban J connectivity index is 1.18. The number of anilines is 1. The molecular weight excluding hydrogens is 496 g/mol. The molecule has 0 saturated heterocycles. The van der Waals surface area contributed by atoms with Crippen molar-refractivity contribution >= 4 is 11.7 Å². The van der Waals surface area contributed by atoms with Crippen molar-refractivity contribution in [3.05, 3.63) is 47.4 Å². The normalized spacial score (nSPS) is 22.5. The summed E-state index contributed by atoms with van der Waals surface area (Å²) in [4.78, 5) is 17.9. The third-order valence-corrected chi connectivity index (χ3v) is 9.57. The molecule has 2 fully saturated rings. The highest BCUT2D eigenvalue weighted by molar-refractivity contribution is 5.94. The van der Waals surface area contributed by atoms with E-state index in [9.17, 15) is 13.6 Å². The molecule has 1 amide bonds. The molecule has 8 heteroatoms. The molecule has 1 aromatic carbocycles. The molecule has 3 aliphatic rings. The van der Waals surface area contributed by atoms with E-state index in [0.29, 0.717) is 36.7 Å². The van der Waals surface area contributed by atoms with Gasteiger partial charge in [-0.05, 0) is 87.8 Å². The van der Waals surface area contributed by atoms with Crippen molar-refractivity contribution in [3.63, 3.8) is 0 Å². The molecule has 1 aromatic heterocycles. The fourth-order valence-electron chi connectivity index (χ4n) is 6.92. The predicted octanol–water partition coefficient (Wildman–Crippen LogP) is 5.85. The lowest BCUT2D eigenvalue weighted by Gasteiger charge is -2.44. The van der Waals surface area contributed by atoms with Gasteiger partial charge in [-0.1, -0.05) is 32.6 Å². The zero-order valence-electron chi connectivity index (χ0n) is 23.6. The van der Waals surface area contributed by atoms with Crippen molar-refractivity contribution in [2.45, 2.75) is 121 Å². The van der Waals surface area contributed by atoms with E-state index < -0.39 is 17.7 Å². The van der Waals surface area contributed by atoms with Gasteiger partial charge in [0.1, 0.15) is 11.6 Å². The average Bonchev–Trinajstić information content (AvgIpc) is 3.37. The summed E-state index contributed by atoms with van der Waals surface area (Å²) in [5.41, 5.74) is 1.32. The quantitative estimate of drug-likeness (QED) is 0.334. The van der Waals surface area contributed by atoms with E-state index in [2.05, 4.69) is 39.3 Å². The van der Waals surface area contributed by atoms with Gasteiger partial charge in [0.25, 0.3) is 0 Å². The number of carbonyl (C=O) groups is 1. The highest BCUT2D eigenvalue weighted by atomic mass is 19.1. The Morgan fingerprint density at radius 1 is 1.15 bits per heavy atom. The number of nitrogens with zero attached hydrogens (tertiary/aromatic N) is 2. The molecule has 0 aliphatic heterocycles. The average molecular weight is 542 g/mol. The van der Waals surface area contributed by atoms with Gasteiger partial charge in [0.05, 0.1) is 17.9 Å².